The first-order valence-electron chi connectivity index (χ1n) is 6.15. The molecule has 0 unspecified atom stereocenters. The number of nitriles is 1. The molecule has 1 N–H and O–H groups in total. The maximum Gasteiger partial charge on any atom is 0.124 e. The molecule has 0 saturated carbocycles. The number of nitrogens with zero attached hydrogens (tertiary/aromatic N) is 1. The van der Waals surface area contributed by atoms with Crippen molar-refractivity contribution >= 4 is 22.7 Å². The van der Waals surface area contributed by atoms with Gasteiger partial charge in [0.25, 0.3) is 0 Å². The van der Waals surface area contributed by atoms with E-state index in [1.165, 1.54) is 12.1 Å². The fraction of sp³-hybridized carbons (Fsp3) is 0.0625. The Morgan fingerprint density at radius 2 is 2.00 bits per heavy atom. The van der Waals surface area contributed by atoms with E-state index in [4.69, 9.17) is 5.26 Å². The lowest BCUT2D eigenvalue weighted by Crippen LogP contribution is -1.86. The molecular formula is C16H11FN2S. The Hall–Kier alpha value is -2.25. The average Bonchev–Trinajstić information content (AvgIpc) is 2.87. The smallest absolute Gasteiger partial charge is 0.124 e. The molecule has 20 heavy (non-hydrogen) atoms. The molecule has 2 aromatic carbocycles. The SMILES string of the molecule is N#Cc1cc(F)cc(CSc2cc3ccccc3[nH]2)c1. The van der Waals surface area contributed by atoms with Crippen LogP contribution in [-0.4, -0.2) is 4.98 Å². The van der Waals surface area contributed by atoms with Crippen molar-refractivity contribution in [3.8, 4) is 6.07 Å². The summed E-state index contributed by atoms with van der Waals surface area (Å²) in [5.41, 5.74) is 2.26. The first-order valence-corrected chi connectivity index (χ1v) is 7.13. The first-order chi connectivity index (χ1) is 9.74. The molecule has 3 rings (SSSR count). The first kappa shape index (κ1) is 12.8. The molecule has 4 heteroatoms. The monoisotopic (exact) mass is 282 g/mol. The zero-order valence-electron chi connectivity index (χ0n) is 10.6. The number of thioether (sulfide) groups is 1. The Morgan fingerprint density at radius 1 is 1.15 bits per heavy atom. The molecule has 2 nitrogen and oxygen atoms in total. The van der Waals surface area contributed by atoms with E-state index in [0.717, 1.165) is 21.5 Å². The molecule has 0 amide bonds. The molecule has 98 valence electrons. The molecule has 0 aliphatic rings. The minimum atomic E-state index is -0.365. The van der Waals surface area contributed by atoms with Crippen LogP contribution in [0.4, 0.5) is 4.39 Å². The van der Waals surface area contributed by atoms with Gasteiger partial charge in [0.1, 0.15) is 5.82 Å². The number of nitrogens with one attached hydrogen (secondary N) is 1. The molecule has 1 heterocycles. The minimum Gasteiger partial charge on any atom is -0.350 e. The van der Waals surface area contributed by atoms with Crippen LogP contribution in [0.2, 0.25) is 0 Å². The Labute approximate surface area is 120 Å². The predicted molar refractivity (Wildman–Crippen MR) is 79.0 cm³/mol. The maximum atomic E-state index is 13.3. The molecule has 1 aromatic heterocycles. The largest absolute Gasteiger partial charge is 0.350 e. The molecule has 0 spiro atoms. The summed E-state index contributed by atoms with van der Waals surface area (Å²) in [7, 11) is 0. The molecule has 0 fully saturated rings. The highest BCUT2D eigenvalue weighted by Crippen LogP contribution is 2.26. The van der Waals surface area contributed by atoms with Gasteiger partial charge in [0, 0.05) is 16.7 Å². The molecular weight excluding hydrogens is 271 g/mol. The molecule has 0 aliphatic heterocycles. The van der Waals surface area contributed by atoms with Crippen molar-refractivity contribution in [3.63, 3.8) is 0 Å². The zero-order chi connectivity index (χ0) is 13.9. The number of para-hydroxylation sites is 1. The summed E-state index contributed by atoms with van der Waals surface area (Å²) in [5.74, 6) is 0.260. The van der Waals surface area contributed by atoms with Crippen LogP contribution in [-0.2, 0) is 5.75 Å². The lowest BCUT2D eigenvalue weighted by atomic mass is 10.1. The Balaban J connectivity index is 1.79. The summed E-state index contributed by atoms with van der Waals surface area (Å²) >= 11 is 1.60. The third-order valence-electron chi connectivity index (χ3n) is 2.99. The zero-order valence-corrected chi connectivity index (χ0v) is 11.4. The lowest BCUT2D eigenvalue weighted by molar-refractivity contribution is 0.626. The van der Waals surface area contributed by atoms with E-state index in [9.17, 15) is 4.39 Å². The Morgan fingerprint density at radius 3 is 2.80 bits per heavy atom. The van der Waals surface area contributed by atoms with Crippen molar-refractivity contribution in [2.75, 3.05) is 0 Å². The van der Waals surface area contributed by atoms with Gasteiger partial charge in [-0.05, 0) is 35.9 Å². The highest BCUT2D eigenvalue weighted by Gasteiger charge is 2.04. The fourth-order valence-corrected chi connectivity index (χ4v) is 2.97. The normalized spacial score (nSPS) is 10.6. The second-order valence-corrected chi connectivity index (χ2v) is 5.49. The number of aromatic nitrogens is 1. The van der Waals surface area contributed by atoms with Gasteiger partial charge in [0.2, 0.25) is 0 Å². The van der Waals surface area contributed by atoms with Crippen molar-refractivity contribution in [1.29, 1.82) is 5.26 Å². The quantitative estimate of drug-likeness (QED) is 0.720. The van der Waals surface area contributed by atoms with Gasteiger partial charge in [-0.25, -0.2) is 4.39 Å². The summed E-state index contributed by atoms with van der Waals surface area (Å²) in [4.78, 5) is 3.31. The number of aromatic amines is 1. The molecule has 0 atom stereocenters. The van der Waals surface area contributed by atoms with E-state index in [1.54, 1.807) is 17.8 Å². The number of hydrogen-bond donors (Lipinski definition) is 1. The summed E-state index contributed by atoms with van der Waals surface area (Å²) in [6, 6.07) is 16.5. The maximum absolute atomic E-state index is 13.3. The number of benzene rings is 2. The summed E-state index contributed by atoms with van der Waals surface area (Å²) in [6.45, 7) is 0. The van der Waals surface area contributed by atoms with Gasteiger partial charge in [0.15, 0.2) is 0 Å². The standard InChI is InChI=1S/C16H11FN2S/c17-14-6-11(9-18)5-12(7-14)10-20-16-8-13-3-1-2-4-15(13)19-16/h1-8,19H,10H2. The Bertz CT molecular complexity index is 769. The highest BCUT2D eigenvalue weighted by molar-refractivity contribution is 7.98. The van der Waals surface area contributed by atoms with E-state index < -0.39 is 0 Å². The number of halogens is 1. The van der Waals surface area contributed by atoms with Gasteiger partial charge in [-0.15, -0.1) is 11.8 Å². The molecule has 0 radical (unpaired) electrons. The van der Waals surface area contributed by atoms with Crippen molar-refractivity contribution in [3.05, 3.63) is 65.5 Å². The van der Waals surface area contributed by atoms with E-state index in [2.05, 4.69) is 11.1 Å². The third kappa shape index (κ3) is 2.68. The molecule has 0 bridgehead atoms. The van der Waals surface area contributed by atoms with Gasteiger partial charge >= 0.3 is 0 Å². The van der Waals surface area contributed by atoms with E-state index >= 15 is 0 Å². The van der Waals surface area contributed by atoms with Gasteiger partial charge < -0.3 is 4.98 Å². The van der Waals surface area contributed by atoms with Gasteiger partial charge in [-0.2, -0.15) is 5.26 Å². The summed E-state index contributed by atoms with van der Waals surface area (Å²) in [6.07, 6.45) is 0. The van der Waals surface area contributed by atoms with E-state index in [0.29, 0.717) is 11.3 Å². The second kappa shape index (κ2) is 5.40. The van der Waals surface area contributed by atoms with Crippen molar-refractivity contribution in [2.45, 2.75) is 10.8 Å². The van der Waals surface area contributed by atoms with Crippen LogP contribution in [0.25, 0.3) is 10.9 Å². The lowest BCUT2D eigenvalue weighted by Gasteiger charge is -2.01. The van der Waals surface area contributed by atoms with E-state index in [-0.39, 0.29) is 5.82 Å². The second-order valence-electron chi connectivity index (χ2n) is 4.47. The van der Waals surface area contributed by atoms with Crippen molar-refractivity contribution in [1.82, 2.24) is 4.98 Å². The van der Waals surface area contributed by atoms with Crippen molar-refractivity contribution in [2.24, 2.45) is 0 Å². The van der Waals surface area contributed by atoms with Crippen LogP contribution in [0, 0.1) is 17.1 Å². The van der Waals surface area contributed by atoms with E-state index in [1.807, 2.05) is 30.3 Å². The van der Waals surface area contributed by atoms with Crippen LogP contribution in [0.15, 0.2) is 53.6 Å². The van der Waals surface area contributed by atoms with Crippen LogP contribution in [0.3, 0.4) is 0 Å². The summed E-state index contributed by atoms with van der Waals surface area (Å²) in [5, 5.41) is 11.0. The highest BCUT2D eigenvalue weighted by atomic mass is 32.2. The average molecular weight is 282 g/mol. The van der Waals surface area contributed by atoms with Crippen LogP contribution >= 0.6 is 11.8 Å². The topological polar surface area (TPSA) is 39.6 Å². The fourth-order valence-electron chi connectivity index (χ4n) is 2.08. The third-order valence-corrected chi connectivity index (χ3v) is 3.99. The number of hydrogen-bond acceptors (Lipinski definition) is 2. The molecule has 0 aliphatic carbocycles. The molecule has 0 saturated heterocycles. The van der Waals surface area contributed by atoms with Gasteiger partial charge in [0.05, 0.1) is 16.7 Å². The predicted octanol–water partition coefficient (Wildman–Crippen LogP) is 4.47. The van der Waals surface area contributed by atoms with Crippen LogP contribution in [0.1, 0.15) is 11.1 Å². The van der Waals surface area contributed by atoms with Crippen molar-refractivity contribution < 1.29 is 4.39 Å². The van der Waals surface area contributed by atoms with Crippen LogP contribution < -0.4 is 0 Å². The number of rotatable bonds is 3. The molecule has 3 aromatic rings. The van der Waals surface area contributed by atoms with Crippen LogP contribution in [0.5, 0.6) is 0 Å². The summed E-state index contributed by atoms with van der Waals surface area (Å²) < 4.78 is 13.3. The number of fused-ring (bicyclic) bond motifs is 1. The number of H-pyrrole nitrogens is 1. The Kier molecular flexibility index (Phi) is 3.44. The van der Waals surface area contributed by atoms with Gasteiger partial charge in [-0.1, -0.05) is 18.2 Å². The van der Waals surface area contributed by atoms with Gasteiger partial charge in [-0.3, -0.25) is 0 Å². The minimum absolute atomic E-state index is 0.359.